The molecule has 266 valence electrons. The Morgan fingerprint density at radius 2 is 1.26 bits per heavy atom. The molecule has 0 aromatic rings. The van der Waals surface area contributed by atoms with Crippen molar-refractivity contribution in [1.29, 1.82) is 0 Å². The Balaban J connectivity index is 4.41. The van der Waals surface area contributed by atoms with Gasteiger partial charge in [0.25, 0.3) is 0 Å². The van der Waals surface area contributed by atoms with Crippen molar-refractivity contribution in [2.45, 2.75) is 135 Å². The fourth-order valence-electron chi connectivity index (χ4n) is 4.15. The van der Waals surface area contributed by atoms with E-state index in [-0.39, 0.29) is 13.0 Å². The largest absolute Gasteiger partial charge is 0.480 e. The summed E-state index contributed by atoms with van der Waals surface area (Å²) in [6.07, 6.45) is 33.2. The Kier molecular flexibility index (Phi) is 30.1. The maximum absolute atomic E-state index is 12.5. The second kappa shape index (κ2) is 31.5. The topological polar surface area (TPSA) is 155 Å². The number of aliphatic carboxylic acids is 1. The molecule has 0 aromatic heterocycles. The third-order valence-corrected chi connectivity index (χ3v) is 7.77. The number of hydrogen-bond acceptors (Lipinski definition) is 8. The van der Waals surface area contributed by atoms with E-state index in [1.807, 2.05) is 0 Å². The number of phosphoric ester groups is 1. The van der Waals surface area contributed by atoms with Gasteiger partial charge in [-0.25, -0.2) is 4.57 Å². The number of unbranched alkanes of at least 4 members (excludes halogenated alkanes) is 10. The summed E-state index contributed by atoms with van der Waals surface area (Å²) in [5.41, 5.74) is 5.32. The molecule has 0 rings (SSSR count). The molecule has 3 unspecified atom stereocenters. The van der Waals surface area contributed by atoms with Gasteiger partial charge in [-0.2, -0.15) is 0 Å². The average Bonchev–Trinajstić information content (AvgIpc) is 3.03. The van der Waals surface area contributed by atoms with Crippen molar-refractivity contribution in [2.24, 2.45) is 5.73 Å². The fourth-order valence-corrected chi connectivity index (χ4v) is 4.92. The SMILES string of the molecule is CC/C=C\C/C=C\C/C=C\CCCCCCOCC(COP(=O)(O)OCC(N)C(=O)O)OC(=O)CCCCCCC/C=C\CCC. The highest BCUT2D eigenvalue weighted by atomic mass is 31.2. The van der Waals surface area contributed by atoms with Crippen LogP contribution in [0.3, 0.4) is 0 Å². The molecule has 0 spiro atoms. The highest BCUT2D eigenvalue weighted by molar-refractivity contribution is 7.47. The van der Waals surface area contributed by atoms with Gasteiger partial charge in [0.05, 0.1) is 19.8 Å². The monoisotopic (exact) mass is 671 g/mol. The van der Waals surface area contributed by atoms with Crippen LogP contribution < -0.4 is 5.73 Å². The average molecular weight is 672 g/mol. The molecular weight excluding hydrogens is 609 g/mol. The molecule has 0 heterocycles. The van der Waals surface area contributed by atoms with Crippen molar-refractivity contribution < 1.29 is 42.7 Å². The zero-order valence-electron chi connectivity index (χ0n) is 28.4. The zero-order valence-corrected chi connectivity index (χ0v) is 29.3. The molecule has 0 aliphatic carbocycles. The van der Waals surface area contributed by atoms with Crippen LogP contribution in [0.25, 0.3) is 0 Å². The Morgan fingerprint density at radius 1 is 0.717 bits per heavy atom. The van der Waals surface area contributed by atoms with Crippen molar-refractivity contribution in [2.75, 3.05) is 26.4 Å². The van der Waals surface area contributed by atoms with E-state index in [0.717, 1.165) is 96.3 Å². The maximum Gasteiger partial charge on any atom is 0.472 e. The normalized spacial score (nSPS) is 14.9. The van der Waals surface area contributed by atoms with Gasteiger partial charge in [-0.15, -0.1) is 0 Å². The molecule has 46 heavy (non-hydrogen) atoms. The molecule has 11 heteroatoms. The first-order valence-corrected chi connectivity index (χ1v) is 18.7. The van der Waals surface area contributed by atoms with Crippen LogP contribution in [0, 0.1) is 0 Å². The molecule has 0 aliphatic heterocycles. The summed E-state index contributed by atoms with van der Waals surface area (Å²) in [4.78, 5) is 33.2. The van der Waals surface area contributed by atoms with Crippen LogP contribution in [0.4, 0.5) is 0 Å². The van der Waals surface area contributed by atoms with Crippen LogP contribution in [0.5, 0.6) is 0 Å². The van der Waals surface area contributed by atoms with Crippen LogP contribution in [0.1, 0.15) is 123 Å². The van der Waals surface area contributed by atoms with Gasteiger partial charge < -0.3 is 25.2 Å². The zero-order chi connectivity index (χ0) is 34.1. The lowest BCUT2D eigenvalue weighted by Gasteiger charge is -2.20. The summed E-state index contributed by atoms with van der Waals surface area (Å²) in [7, 11) is -4.61. The highest BCUT2D eigenvalue weighted by Gasteiger charge is 2.27. The number of rotatable bonds is 32. The quantitative estimate of drug-likeness (QED) is 0.0275. The molecule has 0 saturated carbocycles. The Hall–Kier alpha value is -2.07. The van der Waals surface area contributed by atoms with Crippen molar-refractivity contribution in [3.63, 3.8) is 0 Å². The van der Waals surface area contributed by atoms with E-state index in [1.54, 1.807) is 0 Å². The molecule has 0 aromatic carbocycles. The van der Waals surface area contributed by atoms with Gasteiger partial charge in [0, 0.05) is 13.0 Å². The molecule has 3 atom stereocenters. The minimum Gasteiger partial charge on any atom is -0.480 e. The summed E-state index contributed by atoms with van der Waals surface area (Å²) in [5.74, 6) is -1.81. The second-order valence-electron chi connectivity index (χ2n) is 11.3. The van der Waals surface area contributed by atoms with Crippen LogP contribution >= 0.6 is 7.82 Å². The molecule has 10 nitrogen and oxygen atoms in total. The van der Waals surface area contributed by atoms with E-state index in [1.165, 1.54) is 0 Å². The number of esters is 1. The number of hydrogen-bond donors (Lipinski definition) is 3. The highest BCUT2D eigenvalue weighted by Crippen LogP contribution is 2.43. The van der Waals surface area contributed by atoms with Gasteiger partial charge in [0.2, 0.25) is 0 Å². The third kappa shape index (κ3) is 30.6. The van der Waals surface area contributed by atoms with Gasteiger partial charge in [-0.05, 0) is 64.2 Å². The van der Waals surface area contributed by atoms with Crippen molar-refractivity contribution in [1.82, 2.24) is 0 Å². The van der Waals surface area contributed by atoms with Crippen LogP contribution in [-0.2, 0) is 32.7 Å². The lowest BCUT2D eigenvalue weighted by Crippen LogP contribution is -2.34. The molecule has 0 bridgehead atoms. The number of carboxylic acid groups (broad SMARTS) is 1. The molecule has 0 amide bonds. The molecule has 0 aliphatic rings. The van der Waals surface area contributed by atoms with Crippen molar-refractivity contribution >= 4 is 19.8 Å². The third-order valence-electron chi connectivity index (χ3n) is 6.82. The number of carbonyl (C=O) groups excluding carboxylic acids is 1. The van der Waals surface area contributed by atoms with E-state index >= 15 is 0 Å². The lowest BCUT2D eigenvalue weighted by molar-refractivity contribution is -0.154. The number of carbonyl (C=O) groups is 2. The first kappa shape index (κ1) is 43.9. The number of ether oxygens (including phenoxy) is 2. The van der Waals surface area contributed by atoms with E-state index in [0.29, 0.717) is 13.0 Å². The summed E-state index contributed by atoms with van der Waals surface area (Å²) in [6.45, 7) is 3.60. The van der Waals surface area contributed by atoms with E-state index in [2.05, 4.69) is 67.0 Å². The fraction of sp³-hybridized carbons (Fsp3) is 0.714. The first-order valence-electron chi connectivity index (χ1n) is 17.2. The number of nitrogens with two attached hydrogens (primary N) is 1. The summed E-state index contributed by atoms with van der Waals surface area (Å²) >= 11 is 0. The number of carboxylic acids is 1. The Morgan fingerprint density at radius 3 is 1.91 bits per heavy atom. The van der Waals surface area contributed by atoms with E-state index < -0.39 is 45.1 Å². The van der Waals surface area contributed by atoms with Gasteiger partial charge in [-0.1, -0.05) is 101 Å². The minimum atomic E-state index is -4.61. The summed E-state index contributed by atoms with van der Waals surface area (Å²) in [5, 5.41) is 8.84. The van der Waals surface area contributed by atoms with Gasteiger partial charge >= 0.3 is 19.8 Å². The first-order chi connectivity index (χ1) is 22.2. The maximum atomic E-state index is 12.5. The second-order valence-corrected chi connectivity index (χ2v) is 12.7. The van der Waals surface area contributed by atoms with Crippen LogP contribution in [0.15, 0.2) is 48.6 Å². The van der Waals surface area contributed by atoms with Gasteiger partial charge in [0.15, 0.2) is 0 Å². The van der Waals surface area contributed by atoms with E-state index in [4.69, 9.17) is 24.8 Å². The predicted octanol–water partition coefficient (Wildman–Crippen LogP) is 8.36. The molecule has 4 N–H and O–H groups in total. The van der Waals surface area contributed by atoms with Crippen LogP contribution in [-0.4, -0.2) is 60.5 Å². The number of phosphoric acid groups is 1. The molecule has 0 saturated heterocycles. The lowest BCUT2D eigenvalue weighted by atomic mass is 10.1. The summed E-state index contributed by atoms with van der Waals surface area (Å²) in [6, 6.07) is -1.48. The van der Waals surface area contributed by atoms with Crippen molar-refractivity contribution in [3.8, 4) is 0 Å². The molecular formula is C35H62NO9P. The Labute approximate surface area is 278 Å². The molecule has 0 radical (unpaired) electrons. The number of allylic oxidation sites excluding steroid dienone is 8. The van der Waals surface area contributed by atoms with Crippen LogP contribution in [0.2, 0.25) is 0 Å². The molecule has 0 fully saturated rings. The minimum absolute atomic E-state index is 0.00355. The summed E-state index contributed by atoms with van der Waals surface area (Å²) < 4.78 is 33.0. The van der Waals surface area contributed by atoms with Gasteiger partial charge in [0.1, 0.15) is 12.1 Å². The van der Waals surface area contributed by atoms with Crippen molar-refractivity contribution in [3.05, 3.63) is 48.6 Å². The van der Waals surface area contributed by atoms with Gasteiger partial charge in [-0.3, -0.25) is 18.6 Å². The smallest absolute Gasteiger partial charge is 0.472 e. The van der Waals surface area contributed by atoms with E-state index in [9.17, 15) is 19.0 Å². The predicted molar refractivity (Wildman–Crippen MR) is 184 cm³/mol. The Bertz CT molecular complexity index is 920. The standard InChI is InChI=1S/C35H62NO9P/c1-3-5-7-9-11-13-15-16-17-18-20-22-24-26-28-42-29-32(30-43-46(40,41)44-31-33(36)35(38)39)45-34(37)27-25-23-21-19-14-12-10-8-6-4-2/h5,7-8,10-11,13,16-17,32-33H,3-4,6,9,12,14-15,18-31,36H2,1-2H3,(H,38,39)(H,40,41)/b7-5-,10-8-,13-11-,17-16-.